The van der Waals surface area contributed by atoms with Crippen LogP contribution in [0.15, 0.2) is 18.2 Å². The second-order valence-corrected chi connectivity index (χ2v) is 6.55. The molecule has 1 amide bonds. The molecule has 1 heterocycles. The Hall–Kier alpha value is -1.98. The summed E-state index contributed by atoms with van der Waals surface area (Å²) >= 11 is 0. The van der Waals surface area contributed by atoms with Crippen molar-refractivity contribution in [3.8, 4) is 0 Å². The van der Waals surface area contributed by atoms with E-state index in [1.165, 1.54) is 17.9 Å². The van der Waals surface area contributed by atoms with Crippen LogP contribution in [0.25, 0.3) is 0 Å². The number of aliphatic carboxylic acids is 1. The van der Waals surface area contributed by atoms with Crippen molar-refractivity contribution in [1.82, 2.24) is 4.90 Å². The molecule has 1 aliphatic heterocycles. The molecule has 1 aromatic rings. The Labute approximate surface area is 133 Å². The molecule has 3 atom stereocenters. The Kier molecular flexibility index (Phi) is 4.08. The number of carboxylic acids is 1. The van der Waals surface area contributed by atoms with Crippen molar-refractivity contribution in [2.24, 2.45) is 17.8 Å². The average Bonchev–Trinajstić information content (AvgIpc) is 3.24. The zero-order chi connectivity index (χ0) is 16.7. The van der Waals surface area contributed by atoms with Gasteiger partial charge in [-0.15, -0.1) is 0 Å². The van der Waals surface area contributed by atoms with Crippen LogP contribution < -0.4 is 0 Å². The van der Waals surface area contributed by atoms with E-state index in [9.17, 15) is 23.5 Å². The Morgan fingerprint density at radius 1 is 1.22 bits per heavy atom. The summed E-state index contributed by atoms with van der Waals surface area (Å²) in [6.07, 6.45) is 1.99. The van der Waals surface area contributed by atoms with Crippen molar-refractivity contribution in [2.75, 3.05) is 13.1 Å². The molecule has 0 spiro atoms. The number of nitrogens with zero attached hydrogens (tertiary/aromatic N) is 1. The van der Waals surface area contributed by atoms with Crippen LogP contribution in [0.3, 0.4) is 0 Å². The lowest BCUT2D eigenvalue weighted by molar-refractivity contribution is -0.142. The zero-order valence-corrected chi connectivity index (χ0v) is 12.8. The van der Waals surface area contributed by atoms with Gasteiger partial charge in [-0.05, 0) is 43.7 Å². The Balaban J connectivity index is 1.79. The van der Waals surface area contributed by atoms with Crippen molar-refractivity contribution in [3.63, 3.8) is 0 Å². The molecule has 23 heavy (non-hydrogen) atoms. The third kappa shape index (κ3) is 2.94. The van der Waals surface area contributed by atoms with Gasteiger partial charge in [0.2, 0.25) is 5.91 Å². The highest BCUT2D eigenvalue weighted by atomic mass is 19.1. The van der Waals surface area contributed by atoms with E-state index in [1.807, 2.05) is 0 Å². The number of likely N-dealkylation sites (tertiary alicyclic amines) is 1. The smallest absolute Gasteiger partial charge is 0.308 e. The molecule has 124 valence electrons. The van der Waals surface area contributed by atoms with Gasteiger partial charge in [0, 0.05) is 18.7 Å². The van der Waals surface area contributed by atoms with Crippen LogP contribution in [0.5, 0.6) is 0 Å². The summed E-state index contributed by atoms with van der Waals surface area (Å²) in [4.78, 5) is 25.5. The average molecular weight is 323 g/mol. The largest absolute Gasteiger partial charge is 0.481 e. The van der Waals surface area contributed by atoms with E-state index in [-0.39, 0.29) is 18.0 Å². The lowest BCUT2D eigenvalue weighted by Crippen LogP contribution is -2.34. The van der Waals surface area contributed by atoms with Crippen LogP contribution in [0.1, 0.15) is 31.2 Å². The summed E-state index contributed by atoms with van der Waals surface area (Å²) in [5.41, 5.74) is -0.251. The molecular weight excluding hydrogens is 304 g/mol. The first-order valence-corrected chi connectivity index (χ1v) is 7.85. The minimum absolute atomic E-state index is 0.0471. The first-order chi connectivity index (χ1) is 10.9. The molecular formula is C17H19F2NO3. The summed E-state index contributed by atoms with van der Waals surface area (Å²) < 4.78 is 27.7. The van der Waals surface area contributed by atoms with Gasteiger partial charge in [0.25, 0.3) is 0 Å². The van der Waals surface area contributed by atoms with Gasteiger partial charge < -0.3 is 10.0 Å². The number of carbonyl (C=O) groups is 2. The van der Waals surface area contributed by atoms with Crippen LogP contribution in [0.4, 0.5) is 8.78 Å². The minimum Gasteiger partial charge on any atom is -0.481 e. The molecule has 1 aliphatic carbocycles. The second kappa shape index (κ2) is 5.91. The molecule has 1 N–H and O–H groups in total. The molecule has 3 rings (SSSR count). The highest BCUT2D eigenvalue weighted by molar-refractivity contribution is 5.85. The molecule has 2 fully saturated rings. The molecule has 1 unspecified atom stereocenters. The van der Waals surface area contributed by atoms with Crippen LogP contribution in [-0.4, -0.2) is 35.0 Å². The predicted octanol–water partition coefficient (Wildman–Crippen LogP) is 2.64. The first-order valence-electron chi connectivity index (χ1n) is 7.85. The number of amides is 1. The van der Waals surface area contributed by atoms with Crippen molar-refractivity contribution in [1.29, 1.82) is 0 Å². The first kappa shape index (κ1) is 15.9. The third-order valence-corrected chi connectivity index (χ3v) is 5.02. The molecule has 0 aromatic heterocycles. The van der Waals surface area contributed by atoms with Gasteiger partial charge in [0.1, 0.15) is 11.6 Å². The fourth-order valence-corrected chi connectivity index (χ4v) is 3.59. The van der Waals surface area contributed by atoms with Crippen LogP contribution >= 0.6 is 0 Å². The molecule has 6 heteroatoms. The normalized spacial score (nSPS) is 25.4. The SMILES string of the molecule is CC(C(=O)N1C[C@H](C(=O)O)[C@@H](C2CC2)C1)c1c(F)cccc1F. The van der Waals surface area contributed by atoms with Gasteiger partial charge in [-0.25, -0.2) is 8.78 Å². The van der Waals surface area contributed by atoms with Crippen molar-refractivity contribution in [3.05, 3.63) is 35.4 Å². The highest BCUT2D eigenvalue weighted by Crippen LogP contribution is 2.44. The topological polar surface area (TPSA) is 57.6 Å². The molecule has 1 aromatic carbocycles. The fourth-order valence-electron chi connectivity index (χ4n) is 3.59. The lowest BCUT2D eigenvalue weighted by atomic mass is 9.92. The van der Waals surface area contributed by atoms with Gasteiger partial charge in [0.15, 0.2) is 0 Å². The van der Waals surface area contributed by atoms with Gasteiger partial charge in [-0.3, -0.25) is 9.59 Å². The highest BCUT2D eigenvalue weighted by Gasteiger charge is 2.47. The molecule has 0 radical (unpaired) electrons. The fraction of sp³-hybridized carbons (Fsp3) is 0.529. The van der Waals surface area contributed by atoms with Crippen LogP contribution in [0, 0.1) is 29.4 Å². The van der Waals surface area contributed by atoms with Crippen LogP contribution in [0.2, 0.25) is 0 Å². The monoisotopic (exact) mass is 323 g/mol. The summed E-state index contributed by atoms with van der Waals surface area (Å²) in [5, 5.41) is 9.35. The molecule has 1 saturated carbocycles. The maximum Gasteiger partial charge on any atom is 0.308 e. The summed E-state index contributed by atoms with van der Waals surface area (Å²) in [6.45, 7) is 1.95. The van der Waals surface area contributed by atoms with Crippen molar-refractivity contribution in [2.45, 2.75) is 25.7 Å². The van der Waals surface area contributed by atoms with Gasteiger partial charge >= 0.3 is 5.97 Å². The third-order valence-electron chi connectivity index (χ3n) is 5.02. The number of hydrogen-bond acceptors (Lipinski definition) is 2. The molecule has 0 bridgehead atoms. The van der Waals surface area contributed by atoms with E-state index < -0.39 is 35.3 Å². The van der Waals surface area contributed by atoms with E-state index in [0.29, 0.717) is 12.5 Å². The van der Waals surface area contributed by atoms with Crippen LogP contribution in [-0.2, 0) is 9.59 Å². The lowest BCUT2D eigenvalue weighted by Gasteiger charge is -2.22. The Morgan fingerprint density at radius 2 is 1.83 bits per heavy atom. The van der Waals surface area contributed by atoms with Crippen molar-refractivity contribution < 1.29 is 23.5 Å². The second-order valence-electron chi connectivity index (χ2n) is 6.55. The summed E-state index contributed by atoms with van der Waals surface area (Å²) in [5.74, 6) is -4.06. The van der Waals surface area contributed by atoms with E-state index in [1.54, 1.807) is 0 Å². The summed E-state index contributed by atoms with van der Waals surface area (Å²) in [7, 11) is 0. The summed E-state index contributed by atoms with van der Waals surface area (Å²) in [6, 6.07) is 3.50. The molecule has 2 aliphatic rings. The maximum absolute atomic E-state index is 13.9. The van der Waals surface area contributed by atoms with E-state index >= 15 is 0 Å². The number of carbonyl (C=O) groups excluding carboxylic acids is 1. The van der Waals surface area contributed by atoms with Gasteiger partial charge in [-0.2, -0.15) is 0 Å². The number of halogens is 2. The minimum atomic E-state index is -0.969. The number of carboxylic acid groups (broad SMARTS) is 1. The molecule has 1 saturated heterocycles. The van der Waals surface area contributed by atoms with Crippen molar-refractivity contribution >= 4 is 11.9 Å². The number of benzene rings is 1. The Morgan fingerprint density at radius 3 is 2.35 bits per heavy atom. The van der Waals surface area contributed by atoms with Gasteiger partial charge in [-0.1, -0.05) is 6.07 Å². The quantitative estimate of drug-likeness (QED) is 0.927. The maximum atomic E-state index is 13.9. The van der Waals surface area contributed by atoms with E-state index in [4.69, 9.17) is 0 Å². The number of hydrogen-bond donors (Lipinski definition) is 1. The predicted molar refractivity (Wildman–Crippen MR) is 78.7 cm³/mol. The zero-order valence-electron chi connectivity index (χ0n) is 12.8. The molecule has 4 nitrogen and oxygen atoms in total. The van der Waals surface area contributed by atoms with E-state index in [2.05, 4.69) is 0 Å². The number of rotatable bonds is 4. The van der Waals surface area contributed by atoms with Gasteiger partial charge in [0.05, 0.1) is 11.8 Å². The standard InChI is InChI=1S/C17H19F2NO3/c1-9(15-13(18)3-2-4-14(15)19)16(21)20-7-11(10-5-6-10)12(8-20)17(22)23/h2-4,9-12H,5-8H2,1H3,(H,22,23)/t9?,11-,12+/m1/s1. The van der Waals surface area contributed by atoms with E-state index in [0.717, 1.165) is 25.0 Å². The Bertz CT molecular complexity index is 624.